The van der Waals surface area contributed by atoms with Gasteiger partial charge in [0.05, 0.1) is 5.92 Å². The molecule has 1 fully saturated rings. The first-order valence-corrected chi connectivity index (χ1v) is 4.77. The summed E-state index contributed by atoms with van der Waals surface area (Å²) in [6.07, 6.45) is 0. The third-order valence-electron chi connectivity index (χ3n) is 2.36. The molecular weight excluding hydrogens is 214 g/mol. The lowest BCUT2D eigenvalue weighted by molar-refractivity contribution is -0.124. The standard InChI is InChI=1S/C11H8ClNO2/c1-6-9(11(15)13-10(6)14)7-4-2-3-5-8(7)12/h2-5,9H,1H2,(H,13,14,15). The van der Waals surface area contributed by atoms with E-state index in [2.05, 4.69) is 11.9 Å². The van der Waals surface area contributed by atoms with Gasteiger partial charge < -0.3 is 0 Å². The van der Waals surface area contributed by atoms with E-state index in [1.807, 2.05) is 0 Å². The number of carbonyl (C=O) groups excluding carboxylic acids is 2. The number of carbonyl (C=O) groups is 2. The van der Waals surface area contributed by atoms with Crippen LogP contribution < -0.4 is 5.32 Å². The third-order valence-corrected chi connectivity index (χ3v) is 2.70. The van der Waals surface area contributed by atoms with Gasteiger partial charge in [0.15, 0.2) is 0 Å². The molecule has 1 N–H and O–H groups in total. The van der Waals surface area contributed by atoms with Crippen LogP contribution in [0.15, 0.2) is 36.4 Å². The molecule has 0 bridgehead atoms. The minimum atomic E-state index is -0.647. The first-order valence-electron chi connectivity index (χ1n) is 4.39. The molecule has 2 amide bonds. The van der Waals surface area contributed by atoms with E-state index in [0.29, 0.717) is 10.6 Å². The molecule has 1 saturated heterocycles. The van der Waals surface area contributed by atoms with Crippen molar-refractivity contribution in [3.05, 3.63) is 47.0 Å². The van der Waals surface area contributed by atoms with Crippen molar-refractivity contribution in [3.8, 4) is 0 Å². The van der Waals surface area contributed by atoms with E-state index in [1.165, 1.54) is 0 Å². The molecule has 1 aromatic carbocycles. The lowest BCUT2D eigenvalue weighted by Gasteiger charge is -2.09. The van der Waals surface area contributed by atoms with Crippen LogP contribution in [0, 0.1) is 0 Å². The Morgan fingerprint density at radius 2 is 1.93 bits per heavy atom. The highest BCUT2D eigenvalue weighted by molar-refractivity contribution is 6.32. The fourth-order valence-electron chi connectivity index (χ4n) is 1.59. The Hall–Kier alpha value is -1.61. The van der Waals surface area contributed by atoms with Gasteiger partial charge in [-0.1, -0.05) is 36.4 Å². The van der Waals surface area contributed by atoms with E-state index in [4.69, 9.17) is 11.6 Å². The van der Waals surface area contributed by atoms with Gasteiger partial charge in [0.2, 0.25) is 5.91 Å². The Kier molecular flexibility index (Phi) is 2.32. The van der Waals surface area contributed by atoms with Crippen molar-refractivity contribution in [1.29, 1.82) is 0 Å². The summed E-state index contributed by atoms with van der Waals surface area (Å²) in [4.78, 5) is 22.7. The normalized spacial score (nSPS) is 20.6. The molecule has 1 heterocycles. The predicted octanol–water partition coefficient (Wildman–Crippen LogP) is 1.64. The first-order chi connectivity index (χ1) is 7.11. The Balaban J connectivity index is 2.48. The number of hydrogen-bond acceptors (Lipinski definition) is 2. The van der Waals surface area contributed by atoms with Crippen LogP contribution in [-0.4, -0.2) is 11.8 Å². The molecule has 1 unspecified atom stereocenters. The van der Waals surface area contributed by atoms with Gasteiger partial charge in [0.25, 0.3) is 5.91 Å². The highest BCUT2D eigenvalue weighted by atomic mass is 35.5. The fourth-order valence-corrected chi connectivity index (χ4v) is 1.84. The molecule has 1 atom stereocenters. The Bertz CT molecular complexity index is 467. The monoisotopic (exact) mass is 221 g/mol. The molecule has 0 aromatic heterocycles. The number of hydrogen-bond donors (Lipinski definition) is 1. The van der Waals surface area contributed by atoms with Crippen molar-refractivity contribution < 1.29 is 9.59 Å². The van der Waals surface area contributed by atoms with Gasteiger partial charge in [0, 0.05) is 10.6 Å². The lowest BCUT2D eigenvalue weighted by atomic mass is 9.94. The van der Waals surface area contributed by atoms with Gasteiger partial charge in [0.1, 0.15) is 0 Å². The topological polar surface area (TPSA) is 46.2 Å². The highest BCUT2D eigenvalue weighted by Crippen LogP contribution is 2.32. The van der Waals surface area contributed by atoms with Gasteiger partial charge in [-0.25, -0.2) is 0 Å². The quantitative estimate of drug-likeness (QED) is 0.579. The molecular formula is C11H8ClNO2. The van der Waals surface area contributed by atoms with Gasteiger partial charge >= 0.3 is 0 Å². The Morgan fingerprint density at radius 3 is 2.47 bits per heavy atom. The molecule has 15 heavy (non-hydrogen) atoms. The zero-order valence-corrected chi connectivity index (χ0v) is 8.54. The van der Waals surface area contributed by atoms with Crippen LogP contribution in [-0.2, 0) is 9.59 Å². The molecule has 0 spiro atoms. The van der Waals surface area contributed by atoms with Crippen LogP contribution in [0.3, 0.4) is 0 Å². The first kappa shape index (κ1) is 9.93. The number of rotatable bonds is 1. The molecule has 0 radical (unpaired) electrons. The summed E-state index contributed by atoms with van der Waals surface area (Å²) in [6, 6.07) is 6.93. The Labute approximate surface area is 91.7 Å². The maximum absolute atomic E-state index is 11.5. The summed E-state index contributed by atoms with van der Waals surface area (Å²) in [5, 5.41) is 2.67. The maximum Gasteiger partial charge on any atom is 0.254 e. The molecule has 4 heteroatoms. The van der Waals surface area contributed by atoms with E-state index in [0.717, 1.165) is 0 Å². The zero-order valence-electron chi connectivity index (χ0n) is 7.79. The van der Waals surface area contributed by atoms with Crippen molar-refractivity contribution in [1.82, 2.24) is 5.32 Å². The van der Waals surface area contributed by atoms with Gasteiger partial charge in [-0.05, 0) is 11.6 Å². The minimum Gasteiger partial charge on any atom is -0.292 e. The van der Waals surface area contributed by atoms with Crippen molar-refractivity contribution in [3.63, 3.8) is 0 Å². The maximum atomic E-state index is 11.5. The van der Waals surface area contributed by atoms with Crippen LogP contribution in [0.2, 0.25) is 5.02 Å². The summed E-state index contributed by atoms with van der Waals surface area (Å²) in [5.74, 6) is -1.44. The van der Waals surface area contributed by atoms with Crippen molar-refractivity contribution in [2.75, 3.05) is 0 Å². The van der Waals surface area contributed by atoms with Crippen molar-refractivity contribution in [2.45, 2.75) is 5.92 Å². The van der Waals surface area contributed by atoms with E-state index in [9.17, 15) is 9.59 Å². The van der Waals surface area contributed by atoms with Gasteiger partial charge in [-0.2, -0.15) is 0 Å². The summed E-state index contributed by atoms with van der Waals surface area (Å²) >= 11 is 5.95. The van der Waals surface area contributed by atoms with Gasteiger partial charge in [-0.15, -0.1) is 0 Å². The molecule has 3 nitrogen and oxygen atoms in total. The predicted molar refractivity (Wildman–Crippen MR) is 56.5 cm³/mol. The number of benzene rings is 1. The number of amides is 2. The smallest absolute Gasteiger partial charge is 0.254 e. The molecule has 0 saturated carbocycles. The molecule has 0 aliphatic carbocycles. The van der Waals surface area contributed by atoms with Gasteiger partial charge in [-0.3, -0.25) is 14.9 Å². The lowest BCUT2D eigenvalue weighted by Crippen LogP contribution is -2.21. The van der Waals surface area contributed by atoms with Crippen molar-refractivity contribution in [2.24, 2.45) is 0 Å². The van der Waals surface area contributed by atoms with Crippen LogP contribution in [0.5, 0.6) is 0 Å². The molecule has 76 valence electrons. The van der Waals surface area contributed by atoms with E-state index in [1.54, 1.807) is 24.3 Å². The summed E-state index contributed by atoms with van der Waals surface area (Å²) in [6.45, 7) is 3.59. The molecule has 1 aliphatic heterocycles. The second-order valence-electron chi connectivity index (χ2n) is 3.30. The highest BCUT2D eigenvalue weighted by Gasteiger charge is 2.36. The number of halogens is 1. The van der Waals surface area contributed by atoms with E-state index < -0.39 is 11.8 Å². The molecule has 1 aliphatic rings. The van der Waals surface area contributed by atoms with Crippen LogP contribution in [0.25, 0.3) is 0 Å². The largest absolute Gasteiger partial charge is 0.292 e. The minimum absolute atomic E-state index is 0.244. The molecule has 2 rings (SSSR count). The van der Waals surface area contributed by atoms with Crippen LogP contribution in [0.4, 0.5) is 0 Å². The average molecular weight is 222 g/mol. The van der Waals surface area contributed by atoms with Crippen LogP contribution in [0.1, 0.15) is 11.5 Å². The van der Waals surface area contributed by atoms with Crippen molar-refractivity contribution >= 4 is 23.4 Å². The average Bonchev–Trinajstić information content (AvgIpc) is 2.43. The fraction of sp³-hybridized carbons (Fsp3) is 0.0909. The van der Waals surface area contributed by atoms with E-state index >= 15 is 0 Å². The second-order valence-corrected chi connectivity index (χ2v) is 3.71. The van der Waals surface area contributed by atoms with Crippen LogP contribution >= 0.6 is 11.6 Å². The second kappa shape index (κ2) is 3.51. The Morgan fingerprint density at radius 1 is 1.27 bits per heavy atom. The number of nitrogens with one attached hydrogen (secondary N) is 1. The third kappa shape index (κ3) is 1.55. The summed E-state index contributed by atoms with van der Waals surface area (Å²) in [5.41, 5.74) is 0.862. The summed E-state index contributed by atoms with van der Waals surface area (Å²) < 4.78 is 0. The summed E-state index contributed by atoms with van der Waals surface area (Å²) in [7, 11) is 0. The molecule has 1 aromatic rings. The zero-order chi connectivity index (χ0) is 11.0. The van der Waals surface area contributed by atoms with E-state index in [-0.39, 0.29) is 11.5 Å². The number of imide groups is 1. The SMILES string of the molecule is C=C1C(=O)NC(=O)C1c1ccccc1Cl.